The summed E-state index contributed by atoms with van der Waals surface area (Å²) in [6, 6.07) is 7.91. The van der Waals surface area contributed by atoms with Gasteiger partial charge in [-0.3, -0.25) is 4.79 Å². The van der Waals surface area contributed by atoms with Crippen LogP contribution in [0.5, 0.6) is 0 Å². The summed E-state index contributed by atoms with van der Waals surface area (Å²) in [7, 11) is -4.63. The van der Waals surface area contributed by atoms with Crippen molar-refractivity contribution >= 4 is 33.2 Å². The third-order valence-electron chi connectivity index (χ3n) is 8.27. The lowest BCUT2D eigenvalue weighted by Gasteiger charge is -2.46. The van der Waals surface area contributed by atoms with Crippen LogP contribution < -0.4 is 0 Å². The molecule has 1 fully saturated rings. The van der Waals surface area contributed by atoms with E-state index in [1.165, 1.54) is 35.1 Å². The molecular weight excluding hydrogens is 661 g/mol. The highest BCUT2D eigenvalue weighted by Crippen LogP contribution is 2.52. The number of carbonyl (C=O) groups is 1. The molecule has 2 aliphatic carbocycles. The maximum absolute atomic E-state index is 14.3. The number of sulfonamides is 1. The number of Topliss-reactive ketones (excluding diaryl/α,β-unsaturated/α-hetero) is 1. The number of fused-ring (bicyclic) bond motifs is 2. The minimum Gasteiger partial charge on any atom is -0.290 e. The maximum atomic E-state index is 14.3. The van der Waals surface area contributed by atoms with E-state index in [1.54, 1.807) is 6.08 Å². The number of allylic oxidation sites excluding steroid dienone is 1. The minimum atomic E-state index is -4.77. The van der Waals surface area contributed by atoms with E-state index in [9.17, 15) is 43.9 Å². The highest BCUT2D eigenvalue weighted by molar-refractivity contribution is 7.89. The van der Waals surface area contributed by atoms with Gasteiger partial charge < -0.3 is 0 Å². The highest BCUT2D eigenvalue weighted by Gasteiger charge is 2.52. The lowest BCUT2D eigenvalue weighted by Crippen LogP contribution is -2.51. The van der Waals surface area contributed by atoms with Crippen molar-refractivity contribution in [3.8, 4) is 5.69 Å². The lowest BCUT2D eigenvalue weighted by molar-refractivity contribution is -0.134. The van der Waals surface area contributed by atoms with Gasteiger partial charge in [-0.05, 0) is 85.9 Å². The van der Waals surface area contributed by atoms with Crippen LogP contribution in [-0.4, -0.2) is 52.3 Å². The predicted molar refractivity (Wildman–Crippen MR) is 153 cm³/mol. The minimum absolute atomic E-state index is 0.000301. The van der Waals surface area contributed by atoms with Gasteiger partial charge in [0.1, 0.15) is 16.5 Å². The number of thiazole rings is 1. The molecule has 0 bridgehead atoms. The Morgan fingerprint density at radius 2 is 1.70 bits per heavy atom. The predicted octanol–water partition coefficient (Wildman–Crippen LogP) is 6.94. The molecule has 16 heteroatoms. The number of ketones is 1. The van der Waals surface area contributed by atoms with Crippen molar-refractivity contribution in [1.82, 2.24) is 19.1 Å². The Balaban J connectivity index is 1.45. The van der Waals surface area contributed by atoms with E-state index >= 15 is 0 Å². The summed E-state index contributed by atoms with van der Waals surface area (Å²) in [6.45, 7) is -1.23. The zero-order valence-electron chi connectivity index (χ0n) is 23.5. The van der Waals surface area contributed by atoms with Crippen molar-refractivity contribution < 1.29 is 43.9 Å². The summed E-state index contributed by atoms with van der Waals surface area (Å²) in [5.41, 5.74) is 0.310. The Morgan fingerprint density at radius 3 is 2.30 bits per heavy atom. The zero-order chi connectivity index (χ0) is 33.0. The van der Waals surface area contributed by atoms with Crippen LogP contribution in [0, 0.1) is 17.0 Å². The first kappa shape index (κ1) is 32.1. The van der Waals surface area contributed by atoms with Gasteiger partial charge in [0, 0.05) is 6.04 Å². The van der Waals surface area contributed by atoms with Crippen LogP contribution in [0.1, 0.15) is 45.2 Å². The molecule has 0 spiro atoms. The molecule has 2 heterocycles. The number of rotatable bonds is 8. The van der Waals surface area contributed by atoms with E-state index in [-0.39, 0.29) is 37.0 Å². The first-order valence-corrected chi connectivity index (χ1v) is 16.1. The molecular formula is C30H23F7N4O3S2. The standard InChI is InChI=1S/C30H23F7N4O3S2/c31-19-2-7-21(8-3-19)41-24-11-18-1-6-22(40(16-26(33)34)46(43,44)23-9-4-20(32)5-10-23)13-29(18,12-17(24)14-39-41)27(42)28-38-15-25(45-28)30(35,36)37/h2-5,7-11,14-15,22,26H,1,6,12-13,16H2/t22-,29-/m0/s1. The largest absolute Gasteiger partial charge is 0.427 e. The molecule has 242 valence electrons. The molecule has 0 N–H and O–H groups in total. The average Bonchev–Trinajstić information content (AvgIpc) is 3.66. The van der Waals surface area contributed by atoms with Crippen molar-refractivity contribution in [2.75, 3.05) is 6.54 Å². The number of hydrogen-bond donors (Lipinski definition) is 0. The Hall–Kier alpha value is -3.89. The monoisotopic (exact) mass is 684 g/mol. The van der Waals surface area contributed by atoms with Crippen LogP contribution in [0.3, 0.4) is 0 Å². The summed E-state index contributed by atoms with van der Waals surface area (Å²) in [4.78, 5) is 16.5. The fraction of sp³-hybridized carbons (Fsp3) is 0.300. The van der Waals surface area contributed by atoms with Crippen LogP contribution >= 0.6 is 11.3 Å². The fourth-order valence-electron chi connectivity index (χ4n) is 6.15. The van der Waals surface area contributed by atoms with Crippen LogP contribution in [0.15, 0.2) is 71.4 Å². The highest BCUT2D eigenvalue weighted by atomic mass is 32.2. The normalized spacial score (nSPS) is 20.0. The number of aromatic nitrogens is 3. The van der Waals surface area contributed by atoms with Crippen LogP contribution in [0.4, 0.5) is 30.7 Å². The van der Waals surface area contributed by atoms with Gasteiger partial charge in [0.25, 0.3) is 6.43 Å². The van der Waals surface area contributed by atoms with Crippen molar-refractivity contribution in [3.63, 3.8) is 0 Å². The third-order valence-corrected chi connectivity index (χ3v) is 11.2. The van der Waals surface area contributed by atoms with Gasteiger partial charge in [-0.1, -0.05) is 5.57 Å². The molecule has 2 atom stereocenters. The maximum Gasteiger partial charge on any atom is 0.427 e. The number of alkyl halides is 5. The smallest absolute Gasteiger partial charge is 0.290 e. The molecule has 1 saturated carbocycles. The van der Waals surface area contributed by atoms with E-state index in [2.05, 4.69) is 10.1 Å². The average molecular weight is 685 g/mol. The lowest BCUT2D eigenvalue weighted by atomic mass is 9.61. The van der Waals surface area contributed by atoms with Crippen molar-refractivity contribution in [2.24, 2.45) is 5.41 Å². The number of carbonyl (C=O) groups excluding carboxylic acids is 1. The summed E-state index contributed by atoms with van der Waals surface area (Å²) in [5, 5.41) is 3.91. The molecule has 0 saturated heterocycles. The Bertz CT molecular complexity index is 1920. The zero-order valence-corrected chi connectivity index (χ0v) is 25.1. The molecule has 46 heavy (non-hydrogen) atoms. The number of benzene rings is 2. The second-order valence-corrected chi connectivity index (χ2v) is 14.0. The fourth-order valence-corrected chi connectivity index (χ4v) is 8.61. The van der Waals surface area contributed by atoms with Crippen molar-refractivity contribution in [3.05, 3.63) is 99.3 Å². The van der Waals surface area contributed by atoms with Gasteiger partial charge in [0.2, 0.25) is 15.8 Å². The third kappa shape index (κ3) is 5.77. The van der Waals surface area contributed by atoms with E-state index < -0.39 is 72.8 Å². The van der Waals surface area contributed by atoms with Gasteiger partial charge in [0.05, 0.1) is 40.6 Å². The van der Waals surface area contributed by atoms with Crippen molar-refractivity contribution in [2.45, 2.75) is 49.2 Å². The topological polar surface area (TPSA) is 85.2 Å². The van der Waals surface area contributed by atoms with Gasteiger partial charge in [0.15, 0.2) is 5.01 Å². The Kier molecular flexibility index (Phi) is 8.17. The second kappa shape index (κ2) is 11.7. The summed E-state index contributed by atoms with van der Waals surface area (Å²) >= 11 is 0.144. The van der Waals surface area contributed by atoms with Crippen LogP contribution in [0.2, 0.25) is 0 Å². The molecule has 2 aromatic heterocycles. The molecule has 0 amide bonds. The molecule has 2 aromatic carbocycles. The SMILES string of the molecule is O=C(c1ncc(C(F)(F)F)s1)[C@]12Cc3cnn(-c4ccc(F)cc4)c3C=C1CC[C@H](N(CC(F)F)S(=O)(=O)c1ccc(F)cc1)C2. The van der Waals surface area contributed by atoms with Crippen LogP contribution in [0.25, 0.3) is 11.8 Å². The number of hydrogen-bond acceptors (Lipinski definition) is 6. The molecule has 0 aliphatic heterocycles. The van der Waals surface area contributed by atoms with Crippen LogP contribution in [-0.2, 0) is 22.6 Å². The van der Waals surface area contributed by atoms with E-state index in [4.69, 9.17) is 0 Å². The molecule has 6 rings (SSSR count). The van der Waals surface area contributed by atoms with E-state index in [0.29, 0.717) is 33.0 Å². The van der Waals surface area contributed by atoms with Gasteiger partial charge in [-0.25, -0.2) is 35.6 Å². The molecule has 4 aromatic rings. The first-order chi connectivity index (χ1) is 21.7. The summed E-state index contributed by atoms with van der Waals surface area (Å²) < 4.78 is 125. The Labute approximate surface area is 262 Å². The summed E-state index contributed by atoms with van der Waals surface area (Å²) in [6.07, 6.45) is -4.69. The molecule has 7 nitrogen and oxygen atoms in total. The van der Waals surface area contributed by atoms with Gasteiger partial charge in [-0.2, -0.15) is 22.6 Å². The quantitative estimate of drug-likeness (QED) is 0.148. The molecule has 0 unspecified atom stereocenters. The van der Waals surface area contributed by atoms with Crippen molar-refractivity contribution in [1.29, 1.82) is 0 Å². The number of nitrogens with zero attached hydrogens (tertiary/aromatic N) is 4. The van der Waals surface area contributed by atoms with Gasteiger partial charge >= 0.3 is 6.18 Å². The first-order valence-electron chi connectivity index (χ1n) is 13.9. The summed E-state index contributed by atoms with van der Waals surface area (Å²) in [5.74, 6) is -2.02. The Morgan fingerprint density at radius 1 is 1.04 bits per heavy atom. The van der Waals surface area contributed by atoms with E-state index in [0.717, 1.165) is 24.3 Å². The molecule has 0 radical (unpaired) electrons. The second-order valence-electron chi connectivity index (χ2n) is 11.0. The van der Waals surface area contributed by atoms with E-state index in [1.807, 2.05) is 0 Å². The molecule has 2 aliphatic rings. The number of halogens is 7. The van der Waals surface area contributed by atoms with Gasteiger partial charge in [-0.15, -0.1) is 11.3 Å².